The molecule has 0 saturated carbocycles. The van der Waals surface area contributed by atoms with E-state index in [0.717, 1.165) is 7.25 Å². The zero-order valence-electron chi connectivity index (χ0n) is 21.0. The SMILES string of the molecule is C1=CC[C]([Zr+4][CH]2C=Cc3ccccc32)=C1.C[C](C)=[Zr]([C]1=CC=CC1)[CH]1C=Cc2ccccc21.[Cl-].[Cl-].[Cl-].[Cl-]. The molecule has 2 atom stereocenters. The summed E-state index contributed by atoms with van der Waals surface area (Å²) in [4.78, 5) is 0. The van der Waals surface area contributed by atoms with Gasteiger partial charge in [-0.15, -0.1) is 0 Å². The molecule has 0 fully saturated rings. The Bertz CT molecular complexity index is 1280. The molecule has 0 spiro atoms. The van der Waals surface area contributed by atoms with Crippen LogP contribution in [0.5, 0.6) is 0 Å². The van der Waals surface area contributed by atoms with Crippen molar-refractivity contribution in [1.82, 2.24) is 0 Å². The molecule has 4 aliphatic carbocycles. The van der Waals surface area contributed by atoms with Crippen LogP contribution in [-0.4, -0.2) is 3.21 Å². The average Bonchev–Trinajstić information content (AvgIpc) is 3.64. The molecule has 6 heteroatoms. The van der Waals surface area contributed by atoms with Crippen LogP contribution in [0.25, 0.3) is 12.2 Å². The second-order valence-corrected chi connectivity index (χ2v) is 20.6. The van der Waals surface area contributed by atoms with E-state index >= 15 is 0 Å². The molecule has 2 unspecified atom stereocenters. The van der Waals surface area contributed by atoms with E-state index in [2.05, 4.69) is 123 Å². The Balaban J connectivity index is 0.000000338. The number of hydrogen-bond acceptors (Lipinski definition) is 0. The first-order chi connectivity index (χ1) is 16.2. The van der Waals surface area contributed by atoms with Crippen molar-refractivity contribution >= 4 is 15.4 Å². The quantitative estimate of drug-likeness (QED) is 0.303. The van der Waals surface area contributed by atoms with Crippen molar-refractivity contribution in [2.24, 2.45) is 0 Å². The molecule has 0 aromatic heterocycles. The van der Waals surface area contributed by atoms with Crippen LogP contribution in [0.1, 0.15) is 56.2 Å². The Morgan fingerprint density at radius 2 is 1.32 bits per heavy atom. The third kappa shape index (κ3) is 8.33. The summed E-state index contributed by atoms with van der Waals surface area (Å²) in [6, 6.07) is 17.7. The standard InChI is InChI=1S/2C9H7.2C5H5.C3H6.4ClH.2Zr/c2*1-2-5-9-7-3-6-8(9)4-1;2*1-2-4-5-3-1;1-3-2;;;;;;/h2*1-7H;2*1-3H,4H2;1-2H3;4*1H;;/q;;;;;;;;;;+4/p-4. The molecule has 0 bridgehead atoms. The minimum absolute atomic E-state index is 0. The Morgan fingerprint density at radius 3 is 1.95 bits per heavy atom. The number of benzene rings is 2. The summed E-state index contributed by atoms with van der Waals surface area (Å²) in [5, 5.41) is 0. The van der Waals surface area contributed by atoms with Gasteiger partial charge in [0.25, 0.3) is 0 Å². The number of hydrogen-bond donors (Lipinski definition) is 0. The van der Waals surface area contributed by atoms with E-state index in [0.29, 0.717) is 0 Å². The van der Waals surface area contributed by atoms with Gasteiger partial charge in [-0.25, -0.2) is 0 Å². The summed E-state index contributed by atoms with van der Waals surface area (Å²) in [7, 11) is 0. The molecule has 0 heterocycles. The first-order valence-electron chi connectivity index (χ1n) is 11.9. The third-order valence-corrected chi connectivity index (χ3v) is 18.5. The van der Waals surface area contributed by atoms with Gasteiger partial charge in [0.05, 0.1) is 0 Å². The molecule has 4 aliphatic rings. The fourth-order valence-electron chi connectivity index (χ4n) is 5.11. The van der Waals surface area contributed by atoms with Crippen molar-refractivity contribution in [3.63, 3.8) is 0 Å². The van der Waals surface area contributed by atoms with Crippen LogP contribution < -0.4 is 49.6 Å². The van der Waals surface area contributed by atoms with E-state index in [1.54, 1.807) is 20.9 Å². The Hall–Kier alpha value is -0.324. The molecular formula is C31H30Cl4Zr2. The molecule has 190 valence electrons. The molecule has 2 aromatic carbocycles. The van der Waals surface area contributed by atoms with Gasteiger partial charge in [0.2, 0.25) is 0 Å². The van der Waals surface area contributed by atoms with Crippen molar-refractivity contribution in [2.45, 2.75) is 33.9 Å². The summed E-state index contributed by atoms with van der Waals surface area (Å²) < 4.78 is 6.68. The van der Waals surface area contributed by atoms with Gasteiger partial charge in [0.1, 0.15) is 0 Å². The predicted molar refractivity (Wildman–Crippen MR) is 136 cm³/mol. The van der Waals surface area contributed by atoms with Gasteiger partial charge in [-0.1, -0.05) is 0 Å². The van der Waals surface area contributed by atoms with Crippen molar-refractivity contribution in [2.75, 3.05) is 0 Å². The van der Waals surface area contributed by atoms with Crippen LogP contribution >= 0.6 is 0 Å². The van der Waals surface area contributed by atoms with Gasteiger partial charge in [0, 0.05) is 0 Å². The normalized spacial score (nSPS) is 18.6. The van der Waals surface area contributed by atoms with E-state index in [1.807, 2.05) is 0 Å². The van der Waals surface area contributed by atoms with E-state index in [-0.39, 0.29) is 49.6 Å². The van der Waals surface area contributed by atoms with Crippen LogP contribution in [-0.2, 0) is 44.5 Å². The molecule has 0 amide bonds. The van der Waals surface area contributed by atoms with Gasteiger partial charge in [-0.2, -0.15) is 0 Å². The van der Waals surface area contributed by atoms with Crippen LogP contribution in [0, 0.1) is 0 Å². The molecular weight excluding hydrogens is 697 g/mol. The molecule has 0 nitrogen and oxygen atoms in total. The summed E-state index contributed by atoms with van der Waals surface area (Å²) in [5.74, 6) is 0. The first kappa shape index (κ1) is 34.7. The van der Waals surface area contributed by atoms with Gasteiger partial charge >= 0.3 is 220 Å². The minimum Gasteiger partial charge on any atom is -1.00 e. The molecule has 0 aliphatic heterocycles. The average molecular weight is 727 g/mol. The van der Waals surface area contributed by atoms with Crippen LogP contribution in [0.2, 0.25) is 0 Å². The zero-order valence-corrected chi connectivity index (χ0v) is 28.9. The molecule has 0 saturated heterocycles. The second kappa shape index (κ2) is 16.7. The maximum Gasteiger partial charge on any atom is -1.00 e. The van der Waals surface area contributed by atoms with Crippen LogP contribution in [0.3, 0.4) is 0 Å². The summed E-state index contributed by atoms with van der Waals surface area (Å²) in [5.41, 5.74) is 6.01. The Kier molecular flexibility index (Phi) is 15.7. The number of rotatable bonds is 4. The molecule has 0 N–H and O–H groups in total. The number of allylic oxidation sites excluding steroid dienone is 10. The van der Waals surface area contributed by atoms with E-state index in [1.165, 1.54) is 24.0 Å². The molecule has 37 heavy (non-hydrogen) atoms. The summed E-state index contributed by atoms with van der Waals surface area (Å²) in [6.45, 7) is 4.70. The summed E-state index contributed by atoms with van der Waals surface area (Å²) >= 11 is -2.10. The second-order valence-electron chi connectivity index (χ2n) is 9.14. The smallest absolute Gasteiger partial charge is 1.00 e. The Morgan fingerprint density at radius 1 is 0.730 bits per heavy atom. The molecule has 6 rings (SSSR count). The van der Waals surface area contributed by atoms with Gasteiger partial charge in [0.15, 0.2) is 0 Å². The topological polar surface area (TPSA) is 0 Å². The minimum atomic E-state index is -1.68. The van der Waals surface area contributed by atoms with Crippen molar-refractivity contribution in [3.05, 3.63) is 126 Å². The summed E-state index contributed by atoms with van der Waals surface area (Å²) in [6.07, 6.45) is 25.7. The van der Waals surface area contributed by atoms with Crippen molar-refractivity contribution in [3.8, 4) is 0 Å². The van der Waals surface area contributed by atoms with E-state index in [9.17, 15) is 0 Å². The van der Waals surface area contributed by atoms with Crippen molar-refractivity contribution in [1.29, 1.82) is 0 Å². The van der Waals surface area contributed by atoms with Gasteiger partial charge in [-0.3, -0.25) is 0 Å². The first-order valence-corrected chi connectivity index (χ1v) is 18.4. The van der Waals surface area contributed by atoms with Gasteiger partial charge < -0.3 is 49.6 Å². The fraction of sp³-hybridized carbons (Fsp3) is 0.194. The van der Waals surface area contributed by atoms with E-state index in [4.69, 9.17) is 0 Å². The van der Waals surface area contributed by atoms with Gasteiger partial charge in [-0.05, 0) is 0 Å². The van der Waals surface area contributed by atoms with Crippen LogP contribution in [0.4, 0.5) is 0 Å². The van der Waals surface area contributed by atoms with Crippen molar-refractivity contribution < 1.29 is 94.1 Å². The van der Waals surface area contributed by atoms with Crippen LogP contribution in [0.15, 0.2) is 104 Å². The maximum atomic E-state index is 2.46. The Labute approximate surface area is 266 Å². The van der Waals surface area contributed by atoms with E-state index < -0.39 is 44.5 Å². The monoisotopic (exact) mass is 722 g/mol. The molecule has 0 radical (unpaired) electrons. The number of fused-ring (bicyclic) bond motifs is 2. The predicted octanol–water partition coefficient (Wildman–Crippen LogP) is -3.87. The third-order valence-electron chi connectivity index (χ3n) is 6.68. The molecule has 2 aromatic rings. The zero-order chi connectivity index (χ0) is 22.6. The largest absolute Gasteiger partial charge is 1.00 e. The number of halogens is 4. The fourth-order valence-corrected chi connectivity index (χ4v) is 16.4. The maximum absolute atomic E-state index is 2.46.